The molecule has 0 aliphatic carbocycles. The molecule has 0 atom stereocenters. The third kappa shape index (κ3) is 2.40. The Balaban J connectivity index is 2.62. The van der Waals surface area contributed by atoms with E-state index in [0.717, 1.165) is 13.1 Å². The van der Waals surface area contributed by atoms with Crippen molar-refractivity contribution in [3.8, 4) is 0 Å². The quantitative estimate of drug-likeness (QED) is 0.667. The number of non-ortho nitro benzene ring substituents is 1. The molecule has 0 radical (unpaired) electrons. The summed E-state index contributed by atoms with van der Waals surface area (Å²) in [4.78, 5) is 20.9. The number of nitrogen functional groups attached to an aromatic ring is 1. The molecule has 2 N–H and O–H groups in total. The van der Waals surface area contributed by atoms with Crippen LogP contribution in [0.5, 0.6) is 0 Å². The number of nitro benzene ring substituents is 1. The van der Waals surface area contributed by atoms with Crippen molar-refractivity contribution in [1.82, 2.24) is 9.97 Å². The van der Waals surface area contributed by atoms with E-state index in [1.165, 1.54) is 12.1 Å². The summed E-state index contributed by atoms with van der Waals surface area (Å²) < 4.78 is 0. The summed E-state index contributed by atoms with van der Waals surface area (Å²) in [5.41, 5.74) is 6.37. The van der Waals surface area contributed by atoms with Crippen LogP contribution in [0.3, 0.4) is 0 Å². The molecule has 2 aromatic rings. The van der Waals surface area contributed by atoms with Crippen molar-refractivity contribution in [3.63, 3.8) is 0 Å². The Labute approximate surface area is 110 Å². The Morgan fingerprint density at radius 2 is 2.00 bits per heavy atom. The summed E-state index contributed by atoms with van der Waals surface area (Å²) in [6.07, 6.45) is 0. The number of anilines is 2. The highest BCUT2D eigenvalue weighted by Gasteiger charge is 2.13. The fraction of sp³-hybridized carbons (Fsp3) is 0.333. The SMILES string of the molecule is CCN(CC)c1nc(N)c2ccc([N+](=O)[O-])cc2n1. The number of rotatable bonds is 4. The first-order chi connectivity index (χ1) is 9.06. The molecule has 1 heterocycles. The molecular formula is C12H15N5O2. The van der Waals surface area contributed by atoms with E-state index in [1.54, 1.807) is 6.07 Å². The summed E-state index contributed by atoms with van der Waals surface area (Å²) in [7, 11) is 0. The van der Waals surface area contributed by atoms with E-state index in [-0.39, 0.29) is 5.69 Å². The van der Waals surface area contributed by atoms with Gasteiger partial charge in [-0.05, 0) is 19.9 Å². The Hall–Kier alpha value is -2.44. The van der Waals surface area contributed by atoms with Crippen molar-refractivity contribution in [3.05, 3.63) is 28.3 Å². The highest BCUT2D eigenvalue weighted by atomic mass is 16.6. The molecule has 100 valence electrons. The van der Waals surface area contributed by atoms with E-state index in [0.29, 0.717) is 22.7 Å². The summed E-state index contributed by atoms with van der Waals surface area (Å²) in [5.74, 6) is 0.831. The molecule has 1 aromatic heterocycles. The fourth-order valence-corrected chi connectivity index (χ4v) is 1.89. The van der Waals surface area contributed by atoms with E-state index >= 15 is 0 Å². The van der Waals surface area contributed by atoms with Crippen LogP contribution in [0.25, 0.3) is 10.9 Å². The highest BCUT2D eigenvalue weighted by Crippen LogP contribution is 2.25. The monoisotopic (exact) mass is 261 g/mol. The molecule has 0 amide bonds. The van der Waals surface area contributed by atoms with Gasteiger partial charge in [-0.3, -0.25) is 10.1 Å². The number of fused-ring (bicyclic) bond motifs is 1. The maximum absolute atomic E-state index is 10.8. The number of hydrogen-bond donors (Lipinski definition) is 1. The van der Waals surface area contributed by atoms with Gasteiger partial charge in [0, 0.05) is 30.6 Å². The van der Waals surface area contributed by atoms with Gasteiger partial charge in [0.2, 0.25) is 5.95 Å². The summed E-state index contributed by atoms with van der Waals surface area (Å²) in [5, 5.41) is 11.4. The lowest BCUT2D eigenvalue weighted by molar-refractivity contribution is -0.384. The van der Waals surface area contributed by atoms with Gasteiger partial charge >= 0.3 is 0 Å². The fourth-order valence-electron chi connectivity index (χ4n) is 1.89. The van der Waals surface area contributed by atoms with Gasteiger partial charge in [0.05, 0.1) is 10.4 Å². The van der Waals surface area contributed by atoms with Crippen LogP contribution in [0.1, 0.15) is 13.8 Å². The van der Waals surface area contributed by atoms with Crippen molar-refractivity contribution in [1.29, 1.82) is 0 Å². The zero-order chi connectivity index (χ0) is 14.0. The zero-order valence-corrected chi connectivity index (χ0v) is 10.8. The van der Waals surface area contributed by atoms with Crippen molar-refractivity contribution in [2.75, 3.05) is 23.7 Å². The van der Waals surface area contributed by atoms with Crippen LogP contribution in [0, 0.1) is 10.1 Å². The van der Waals surface area contributed by atoms with Gasteiger partial charge in [-0.15, -0.1) is 0 Å². The Morgan fingerprint density at radius 1 is 1.32 bits per heavy atom. The molecule has 19 heavy (non-hydrogen) atoms. The average Bonchev–Trinajstić information content (AvgIpc) is 2.39. The predicted molar refractivity (Wildman–Crippen MR) is 74.2 cm³/mol. The Morgan fingerprint density at radius 3 is 2.58 bits per heavy atom. The van der Waals surface area contributed by atoms with Crippen LogP contribution >= 0.6 is 0 Å². The van der Waals surface area contributed by atoms with Crippen LogP contribution in [-0.2, 0) is 0 Å². The molecule has 0 saturated heterocycles. The molecule has 0 aliphatic rings. The van der Waals surface area contributed by atoms with E-state index in [2.05, 4.69) is 9.97 Å². The van der Waals surface area contributed by atoms with Crippen LogP contribution in [0.15, 0.2) is 18.2 Å². The number of nitrogens with two attached hydrogens (primary N) is 1. The molecule has 0 fully saturated rings. The molecule has 0 spiro atoms. The second kappa shape index (κ2) is 5.05. The van der Waals surface area contributed by atoms with Gasteiger partial charge in [0.15, 0.2) is 0 Å². The molecule has 0 bridgehead atoms. The third-order valence-electron chi connectivity index (χ3n) is 2.96. The molecular weight excluding hydrogens is 246 g/mol. The predicted octanol–water partition coefficient (Wildman–Crippen LogP) is 1.97. The number of hydrogen-bond acceptors (Lipinski definition) is 6. The standard InChI is InChI=1S/C12H15N5O2/c1-3-16(4-2)12-14-10-7-8(17(18)19)5-6-9(10)11(13)15-12/h5-7H,3-4H2,1-2H3,(H2,13,14,15). The van der Waals surface area contributed by atoms with Crippen molar-refractivity contribution >= 4 is 28.4 Å². The minimum atomic E-state index is -0.450. The maximum atomic E-state index is 10.8. The van der Waals surface area contributed by atoms with Gasteiger partial charge in [0.25, 0.3) is 5.69 Å². The number of nitrogens with zero attached hydrogens (tertiary/aromatic N) is 4. The normalized spacial score (nSPS) is 10.6. The molecule has 7 nitrogen and oxygen atoms in total. The average molecular weight is 261 g/mol. The van der Waals surface area contributed by atoms with Gasteiger partial charge in [0.1, 0.15) is 5.82 Å². The molecule has 7 heteroatoms. The minimum Gasteiger partial charge on any atom is -0.383 e. The summed E-state index contributed by atoms with van der Waals surface area (Å²) in [6, 6.07) is 4.40. The van der Waals surface area contributed by atoms with Gasteiger partial charge in [-0.1, -0.05) is 0 Å². The second-order valence-corrected chi connectivity index (χ2v) is 4.04. The van der Waals surface area contributed by atoms with E-state index in [9.17, 15) is 10.1 Å². The van der Waals surface area contributed by atoms with Gasteiger partial charge in [-0.2, -0.15) is 4.98 Å². The zero-order valence-electron chi connectivity index (χ0n) is 10.8. The number of benzene rings is 1. The number of nitro groups is 1. The van der Waals surface area contributed by atoms with Crippen LogP contribution in [0.2, 0.25) is 0 Å². The van der Waals surface area contributed by atoms with Gasteiger partial charge in [-0.25, -0.2) is 4.98 Å². The molecule has 0 aliphatic heterocycles. The Kier molecular flexibility index (Phi) is 3.46. The minimum absolute atomic E-state index is 0.00361. The topological polar surface area (TPSA) is 98.2 Å². The lowest BCUT2D eigenvalue weighted by Gasteiger charge is -2.19. The van der Waals surface area contributed by atoms with E-state index in [4.69, 9.17) is 5.73 Å². The maximum Gasteiger partial charge on any atom is 0.271 e. The Bertz CT molecular complexity index is 625. The lowest BCUT2D eigenvalue weighted by atomic mass is 10.2. The van der Waals surface area contributed by atoms with Crippen molar-refractivity contribution < 1.29 is 4.92 Å². The van der Waals surface area contributed by atoms with E-state index in [1.807, 2.05) is 18.7 Å². The summed E-state index contributed by atoms with van der Waals surface area (Å²) >= 11 is 0. The smallest absolute Gasteiger partial charge is 0.271 e. The lowest BCUT2D eigenvalue weighted by Crippen LogP contribution is -2.24. The van der Waals surface area contributed by atoms with Gasteiger partial charge < -0.3 is 10.6 Å². The second-order valence-electron chi connectivity index (χ2n) is 4.04. The van der Waals surface area contributed by atoms with Crippen molar-refractivity contribution in [2.45, 2.75) is 13.8 Å². The van der Waals surface area contributed by atoms with Crippen molar-refractivity contribution in [2.24, 2.45) is 0 Å². The molecule has 0 saturated carbocycles. The molecule has 1 aromatic carbocycles. The molecule has 2 rings (SSSR count). The first-order valence-electron chi connectivity index (χ1n) is 6.03. The van der Waals surface area contributed by atoms with Crippen LogP contribution in [0.4, 0.5) is 17.5 Å². The number of aromatic nitrogens is 2. The largest absolute Gasteiger partial charge is 0.383 e. The van der Waals surface area contributed by atoms with E-state index < -0.39 is 4.92 Å². The van der Waals surface area contributed by atoms with Crippen LogP contribution in [-0.4, -0.2) is 28.0 Å². The summed E-state index contributed by atoms with van der Waals surface area (Å²) in [6.45, 7) is 5.47. The first-order valence-corrected chi connectivity index (χ1v) is 6.03. The molecule has 0 unspecified atom stereocenters. The third-order valence-corrected chi connectivity index (χ3v) is 2.96. The highest BCUT2D eigenvalue weighted by molar-refractivity contribution is 5.90. The van der Waals surface area contributed by atoms with Crippen LogP contribution < -0.4 is 10.6 Å². The first kappa shape index (κ1) is 13.0.